The van der Waals surface area contributed by atoms with Crippen LogP contribution < -0.4 is 16.2 Å². The first kappa shape index (κ1) is 26.1. The van der Waals surface area contributed by atoms with Crippen LogP contribution in [0.15, 0.2) is 36.7 Å². The Kier molecular flexibility index (Phi) is 6.49. The minimum absolute atomic E-state index is 0.0167. The first-order valence-corrected chi connectivity index (χ1v) is 12.2. The van der Waals surface area contributed by atoms with Gasteiger partial charge in [-0.1, -0.05) is 24.1 Å². The van der Waals surface area contributed by atoms with Gasteiger partial charge in [-0.05, 0) is 43.6 Å². The highest BCUT2D eigenvalue weighted by Crippen LogP contribution is 2.54. The lowest BCUT2D eigenvalue weighted by Crippen LogP contribution is -2.42. The topological polar surface area (TPSA) is 134 Å². The summed E-state index contributed by atoms with van der Waals surface area (Å²) in [6, 6.07) is 5.69. The second kappa shape index (κ2) is 9.68. The molecule has 10 nitrogen and oxygen atoms in total. The Labute approximate surface area is 221 Å². The number of alkyl halides is 3. The number of anilines is 1. The van der Waals surface area contributed by atoms with Gasteiger partial charge in [-0.2, -0.15) is 10.2 Å². The maximum atomic E-state index is 12.8. The summed E-state index contributed by atoms with van der Waals surface area (Å²) in [7, 11) is 0. The van der Waals surface area contributed by atoms with Crippen molar-refractivity contribution in [1.29, 1.82) is 0 Å². The maximum Gasteiger partial charge on any atom is 0.573 e. The van der Waals surface area contributed by atoms with Crippen LogP contribution in [-0.4, -0.2) is 55.7 Å². The third kappa shape index (κ3) is 5.14. The van der Waals surface area contributed by atoms with Gasteiger partial charge in [-0.3, -0.25) is 14.3 Å². The van der Waals surface area contributed by atoms with Crippen LogP contribution in [0, 0.1) is 17.3 Å². The number of hydrogen-bond donors (Lipinski definition) is 2. The van der Waals surface area contributed by atoms with Crippen molar-refractivity contribution >= 4 is 17.6 Å². The van der Waals surface area contributed by atoms with Gasteiger partial charge in [0, 0.05) is 30.4 Å². The fourth-order valence-electron chi connectivity index (χ4n) is 5.52. The first-order chi connectivity index (χ1) is 18.5. The van der Waals surface area contributed by atoms with Crippen molar-refractivity contribution in [3.05, 3.63) is 47.8 Å². The molecular formula is C26H26F3N7O3. The number of hydrogen-bond acceptors (Lipinski definition) is 6. The number of nitrogen functional groups attached to an aromatic ring is 1. The maximum absolute atomic E-state index is 12.8. The SMILES string of the molecule is CC#CC(=O)N1CC[C@]2(C1)C[C@H](n1nc(-c3cnn(Cc4ccccc4OC(F)(F)F)c3)c(C(N)=O)c1N)C2. The Morgan fingerprint density at radius 3 is 2.69 bits per heavy atom. The van der Waals surface area contributed by atoms with Crippen LogP contribution in [-0.2, 0) is 11.3 Å². The molecule has 1 aliphatic carbocycles. The molecule has 0 radical (unpaired) electrons. The summed E-state index contributed by atoms with van der Waals surface area (Å²) < 4.78 is 45.5. The smallest absolute Gasteiger partial charge is 0.405 e. The van der Waals surface area contributed by atoms with Crippen molar-refractivity contribution < 1.29 is 27.5 Å². The third-order valence-electron chi connectivity index (χ3n) is 7.27. The standard InChI is InChI=1S/C26H26F3N7O3/c1-2-5-20(37)34-9-8-25(15-34)10-18(11-25)36-23(30)21(24(31)38)22(33-36)17-12-32-35(14-17)13-16-6-3-4-7-19(16)39-26(27,28)29/h3-4,6-7,12,14,18H,8-11,13,15,30H2,1H3,(H2,31,38)/t18-,25-. The van der Waals surface area contributed by atoms with E-state index in [2.05, 4.69) is 26.8 Å². The van der Waals surface area contributed by atoms with E-state index in [0.717, 1.165) is 19.3 Å². The van der Waals surface area contributed by atoms with E-state index in [1.807, 2.05) is 0 Å². The number of rotatable bonds is 6. The zero-order valence-electron chi connectivity index (χ0n) is 21.0. The van der Waals surface area contributed by atoms with Gasteiger partial charge in [0.2, 0.25) is 0 Å². The van der Waals surface area contributed by atoms with Crippen LogP contribution >= 0.6 is 0 Å². The van der Waals surface area contributed by atoms with Gasteiger partial charge in [-0.25, -0.2) is 4.68 Å². The van der Waals surface area contributed by atoms with Crippen LogP contribution in [0.5, 0.6) is 5.75 Å². The van der Waals surface area contributed by atoms with E-state index >= 15 is 0 Å². The zero-order valence-corrected chi connectivity index (χ0v) is 21.0. The molecule has 5 rings (SSSR count). The van der Waals surface area contributed by atoms with Gasteiger partial charge in [0.1, 0.15) is 22.8 Å². The molecule has 3 heterocycles. The molecule has 4 N–H and O–H groups in total. The van der Waals surface area contributed by atoms with Gasteiger partial charge in [-0.15, -0.1) is 13.2 Å². The molecule has 2 aromatic heterocycles. The summed E-state index contributed by atoms with van der Waals surface area (Å²) >= 11 is 0. The van der Waals surface area contributed by atoms with Crippen LogP contribution in [0.2, 0.25) is 0 Å². The first-order valence-electron chi connectivity index (χ1n) is 12.2. The molecule has 1 aliphatic heterocycles. The highest BCUT2D eigenvalue weighted by Gasteiger charge is 2.51. The molecular weight excluding hydrogens is 515 g/mol. The molecule has 3 aromatic rings. The molecule has 2 aliphatic rings. The number of carbonyl (C=O) groups excluding carboxylic acids is 2. The molecule has 1 saturated heterocycles. The molecule has 2 fully saturated rings. The van der Waals surface area contributed by atoms with Crippen molar-refractivity contribution in [1.82, 2.24) is 24.5 Å². The van der Waals surface area contributed by atoms with Crippen molar-refractivity contribution in [2.45, 2.75) is 45.1 Å². The summed E-state index contributed by atoms with van der Waals surface area (Å²) in [5, 5.41) is 8.84. The van der Waals surface area contributed by atoms with Gasteiger partial charge in [0.05, 0.1) is 18.8 Å². The predicted molar refractivity (Wildman–Crippen MR) is 134 cm³/mol. The Bertz CT molecular complexity index is 1490. The number of primary amides is 1. The van der Waals surface area contributed by atoms with E-state index in [1.54, 1.807) is 28.8 Å². The monoisotopic (exact) mass is 541 g/mol. The Hall–Kier alpha value is -4.47. The van der Waals surface area contributed by atoms with Crippen molar-refractivity contribution in [2.75, 3.05) is 18.8 Å². The van der Waals surface area contributed by atoms with Gasteiger partial charge < -0.3 is 21.1 Å². The largest absolute Gasteiger partial charge is 0.573 e. The van der Waals surface area contributed by atoms with E-state index in [4.69, 9.17) is 11.5 Å². The second-order valence-electron chi connectivity index (χ2n) is 9.91. The lowest BCUT2D eigenvalue weighted by atomic mass is 9.65. The molecule has 1 spiro atoms. The van der Waals surface area contributed by atoms with Crippen molar-refractivity contribution in [3.8, 4) is 28.8 Å². The average Bonchev–Trinajstić information content (AvgIpc) is 3.56. The molecule has 204 valence electrons. The molecule has 0 bridgehead atoms. The summed E-state index contributed by atoms with van der Waals surface area (Å²) in [6.45, 7) is 2.86. The van der Waals surface area contributed by atoms with E-state index in [0.29, 0.717) is 18.7 Å². The number of halogens is 3. The van der Waals surface area contributed by atoms with E-state index in [9.17, 15) is 22.8 Å². The predicted octanol–water partition coefficient (Wildman–Crippen LogP) is 2.95. The molecule has 2 amide bonds. The van der Waals surface area contributed by atoms with E-state index in [1.165, 1.54) is 29.1 Å². The van der Waals surface area contributed by atoms with Crippen LogP contribution in [0.4, 0.5) is 19.0 Å². The van der Waals surface area contributed by atoms with E-state index in [-0.39, 0.29) is 52.3 Å². The lowest BCUT2D eigenvalue weighted by Gasteiger charge is -2.45. The van der Waals surface area contributed by atoms with Crippen LogP contribution in [0.25, 0.3) is 11.3 Å². The number of nitrogens with two attached hydrogens (primary N) is 2. The van der Waals surface area contributed by atoms with Crippen molar-refractivity contribution in [3.63, 3.8) is 0 Å². The van der Waals surface area contributed by atoms with Gasteiger partial charge in [0.25, 0.3) is 11.8 Å². The lowest BCUT2D eigenvalue weighted by molar-refractivity contribution is -0.274. The molecule has 13 heteroatoms. The second-order valence-corrected chi connectivity index (χ2v) is 9.91. The Morgan fingerprint density at radius 2 is 2.00 bits per heavy atom. The fraction of sp³-hybridized carbons (Fsp3) is 0.385. The minimum atomic E-state index is -4.83. The number of aromatic nitrogens is 4. The summed E-state index contributed by atoms with van der Waals surface area (Å²) in [6.07, 6.45) is 0.486. The number of ether oxygens (including phenoxy) is 1. The third-order valence-corrected chi connectivity index (χ3v) is 7.27. The number of para-hydroxylation sites is 1. The summed E-state index contributed by atoms with van der Waals surface area (Å²) in [5.41, 5.74) is 12.9. The molecule has 0 atom stereocenters. The molecule has 0 unspecified atom stereocenters. The summed E-state index contributed by atoms with van der Waals surface area (Å²) in [5.74, 6) is 4.09. The highest BCUT2D eigenvalue weighted by atomic mass is 19.4. The van der Waals surface area contributed by atoms with Gasteiger partial charge >= 0.3 is 6.36 Å². The van der Waals surface area contributed by atoms with Crippen molar-refractivity contribution in [2.24, 2.45) is 11.1 Å². The highest BCUT2D eigenvalue weighted by molar-refractivity contribution is 6.03. The zero-order chi connectivity index (χ0) is 27.9. The number of amides is 2. The Morgan fingerprint density at radius 1 is 1.26 bits per heavy atom. The van der Waals surface area contributed by atoms with Gasteiger partial charge in [0.15, 0.2) is 0 Å². The number of benzene rings is 1. The molecule has 1 saturated carbocycles. The minimum Gasteiger partial charge on any atom is -0.405 e. The quantitative estimate of drug-likeness (QED) is 0.461. The normalized spacial score (nSPS) is 20.4. The van der Waals surface area contributed by atoms with Crippen LogP contribution in [0.3, 0.4) is 0 Å². The molecule has 1 aromatic carbocycles. The Balaban J connectivity index is 1.35. The number of nitrogens with zero attached hydrogens (tertiary/aromatic N) is 5. The summed E-state index contributed by atoms with van der Waals surface area (Å²) in [4.78, 5) is 26.3. The van der Waals surface area contributed by atoms with E-state index < -0.39 is 12.3 Å². The average molecular weight is 542 g/mol. The fourth-order valence-corrected chi connectivity index (χ4v) is 5.52. The number of likely N-dealkylation sites (tertiary alicyclic amines) is 1. The molecule has 39 heavy (non-hydrogen) atoms. The number of carbonyl (C=O) groups is 2. The van der Waals surface area contributed by atoms with Crippen LogP contribution in [0.1, 0.15) is 48.1 Å².